The molecule has 0 saturated heterocycles. The molecule has 7 nitrogen and oxygen atoms in total. The van der Waals surface area contributed by atoms with E-state index in [0.29, 0.717) is 29.4 Å². The van der Waals surface area contributed by atoms with Crippen LogP contribution in [0.15, 0.2) is 34.2 Å². The Morgan fingerprint density at radius 3 is 2.77 bits per heavy atom. The van der Waals surface area contributed by atoms with Crippen LogP contribution < -0.4 is 10.9 Å². The van der Waals surface area contributed by atoms with Crippen LogP contribution in [0.25, 0.3) is 16.7 Å². The predicted molar refractivity (Wildman–Crippen MR) is 104 cm³/mol. The van der Waals surface area contributed by atoms with Gasteiger partial charge in [0.1, 0.15) is 0 Å². The van der Waals surface area contributed by atoms with Gasteiger partial charge in [-0.15, -0.1) is 10.2 Å². The highest BCUT2D eigenvalue weighted by Crippen LogP contribution is 2.21. The van der Waals surface area contributed by atoms with Crippen LogP contribution in [-0.2, 0) is 11.3 Å². The SMILES string of the molecule is CCCCn1c(=O)c2ccccc2n2c(SCC(=O)NCCC)nnc12. The summed E-state index contributed by atoms with van der Waals surface area (Å²) in [6.07, 6.45) is 2.78. The van der Waals surface area contributed by atoms with Crippen LogP contribution in [0.2, 0.25) is 0 Å². The highest BCUT2D eigenvalue weighted by atomic mass is 32.2. The van der Waals surface area contributed by atoms with Gasteiger partial charge in [-0.05, 0) is 25.0 Å². The van der Waals surface area contributed by atoms with Crippen LogP contribution in [0, 0.1) is 0 Å². The number of aromatic nitrogens is 4. The topological polar surface area (TPSA) is 81.3 Å². The van der Waals surface area contributed by atoms with Crippen LogP contribution in [0.1, 0.15) is 33.1 Å². The van der Waals surface area contributed by atoms with Crippen molar-refractivity contribution in [3.63, 3.8) is 0 Å². The van der Waals surface area contributed by atoms with Gasteiger partial charge in [0.25, 0.3) is 5.56 Å². The minimum absolute atomic E-state index is 0.0304. The zero-order chi connectivity index (χ0) is 18.5. The van der Waals surface area contributed by atoms with E-state index in [-0.39, 0.29) is 17.2 Å². The molecule has 8 heteroatoms. The molecular formula is C18H23N5O2S. The van der Waals surface area contributed by atoms with E-state index in [9.17, 15) is 9.59 Å². The number of amides is 1. The number of nitrogens with one attached hydrogen (secondary N) is 1. The third-order valence-electron chi connectivity index (χ3n) is 4.12. The number of para-hydroxylation sites is 1. The number of carbonyl (C=O) groups excluding carboxylic acids is 1. The lowest BCUT2D eigenvalue weighted by Gasteiger charge is -2.10. The summed E-state index contributed by atoms with van der Waals surface area (Å²) < 4.78 is 3.56. The Bertz CT molecular complexity index is 979. The van der Waals surface area contributed by atoms with Gasteiger partial charge in [0.05, 0.1) is 16.7 Å². The van der Waals surface area contributed by atoms with Gasteiger partial charge >= 0.3 is 0 Å². The molecule has 0 unspecified atom stereocenters. The molecule has 26 heavy (non-hydrogen) atoms. The van der Waals surface area contributed by atoms with Crippen molar-refractivity contribution < 1.29 is 4.79 Å². The lowest BCUT2D eigenvalue weighted by molar-refractivity contribution is -0.118. The van der Waals surface area contributed by atoms with E-state index in [4.69, 9.17) is 0 Å². The summed E-state index contributed by atoms with van der Waals surface area (Å²) in [5.74, 6) is 0.763. The van der Waals surface area contributed by atoms with Crippen molar-refractivity contribution in [2.75, 3.05) is 12.3 Å². The molecule has 1 N–H and O–H groups in total. The monoisotopic (exact) mass is 373 g/mol. The molecular weight excluding hydrogens is 350 g/mol. The van der Waals surface area contributed by atoms with E-state index in [1.54, 1.807) is 4.57 Å². The minimum Gasteiger partial charge on any atom is -0.355 e. The van der Waals surface area contributed by atoms with Gasteiger partial charge in [0.15, 0.2) is 5.16 Å². The van der Waals surface area contributed by atoms with Crippen LogP contribution in [0.3, 0.4) is 0 Å². The number of nitrogens with zero attached hydrogens (tertiary/aromatic N) is 4. The predicted octanol–water partition coefficient (Wildman–Crippen LogP) is 2.46. The Morgan fingerprint density at radius 1 is 1.19 bits per heavy atom. The van der Waals surface area contributed by atoms with Gasteiger partial charge in [0, 0.05) is 13.1 Å². The molecule has 3 rings (SSSR count). The summed E-state index contributed by atoms with van der Waals surface area (Å²) in [5.41, 5.74) is 0.716. The molecule has 0 atom stereocenters. The summed E-state index contributed by atoms with van der Waals surface area (Å²) in [4.78, 5) is 24.8. The third-order valence-corrected chi connectivity index (χ3v) is 5.05. The van der Waals surface area contributed by atoms with E-state index < -0.39 is 0 Å². The van der Waals surface area contributed by atoms with Crippen LogP contribution in [0.4, 0.5) is 0 Å². The summed E-state index contributed by atoms with van der Waals surface area (Å²) in [5, 5.41) is 12.6. The van der Waals surface area contributed by atoms with Crippen molar-refractivity contribution in [3.05, 3.63) is 34.6 Å². The van der Waals surface area contributed by atoms with Crippen molar-refractivity contribution in [2.45, 2.75) is 44.8 Å². The van der Waals surface area contributed by atoms with Gasteiger partial charge in [-0.2, -0.15) is 0 Å². The molecule has 0 fully saturated rings. The number of carbonyl (C=O) groups is 1. The van der Waals surface area contributed by atoms with Crippen molar-refractivity contribution in [3.8, 4) is 0 Å². The molecule has 1 amide bonds. The number of fused-ring (bicyclic) bond motifs is 3. The molecule has 2 heterocycles. The standard InChI is InChI=1S/C18H23N5O2S/c1-3-5-11-22-16(25)13-8-6-7-9-14(13)23-17(22)20-21-18(23)26-12-15(24)19-10-4-2/h6-9H,3-5,10-12H2,1-2H3,(H,19,24). The molecule has 0 bridgehead atoms. The highest BCUT2D eigenvalue weighted by Gasteiger charge is 2.17. The number of hydrogen-bond donors (Lipinski definition) is 1. The molecule has 0 aliphatic rings. The minimum atomic E-state index is -0.0498. The number of unbranched alkanes of at least 4 members (excludes halogenated alkanes) is 1. The van der Waals surface area contributed by atoms with Crippen LogP contribution >= 0.6 is 11.8 Å². The smallest absolute Gasteiger partial charge is 0.262 e. The average molecular weight is 373 g/mol. The van der Waals surface area contributed by atoms with E-state index in [0.717, 1.165) is 24.8 Å². The molecule has 0 spiro atoms. The van der Waals surface area contributed by atoms with E-state index in [1.807, 2.05) is 35.6 Å². The lowest BCUT2D eigenvalue weighted by Crippen LogP contribution is -2.26. The number of hydrogen-bond acceptors (Lipinski definition) is 5. The Kier molecular flexibility index (Phi) is 5.92. The molecule has 138 valence electrons. The summed E-state index contributed by atoms with van der Waals surface area (Å²) in [7, 11) is 0. The first-order valence-corrected chi connectivity index (χ1v) is 9.92. The first-order valence-electron chi connectivity index (χ1n) is 8.93. The van der Waals surface area contributed by atoms with E-state index in [2.05, 4.69) is 22.4 Å². The molecule has 1 aromatic carbocycles. The number of rotatable bonds is 8. The van der Waals surface area contributed by atoms with Gasteiger partial charge in [0.2, 0.25) is 11.7 Å². The molecule has 0 radical (unpaired) electrons. The first-order chi connectivity index (χ1) is 12.7. The number of aryl methyl sites for hydroxylation is 1. The molecule has 0 aliphatic carbocycles. The van der Waals surface area contributed by atoms with Crippen LogP contribution in [-0.4, -0.2) is 37.4 Å². The fourth-order valence-electron chi connectivity index (χ4n) is 2.79. The normalized spacial score (nSPS) is 11.3. The quantitative estimate of drug-likeness (QED) is 0.614. The van der Waals surface area contributed by atoms with Gasteiger partial charge in [-0.25, -0.2) is 0 Å². The van der Waals surface area contributed by atoms with Crippen molar-refractivity contribution >= 4 is 34.3 Å². The zero-order valence-corrected chi connectivity index (χ0v) is 15.9. The van der Waals surface area contributed by atoms with Crippen molar-refractivity contribution in [1.29, 1.82) is 0 Å². The Balaban J connectivity index is 2.05. The third kappa shape index (κ3) is 3.60. The second kappa shape index (κ2) is 8.35. The first kappa shape index (κ1) is 18.4. The largest absolute Gasteiger partial charge is 0.355 e. The van der Waals surface area contributed by atoms with Gasteiger partial charge < -0.3 is 5.32 Å². The van der Waals surface area contributed by atoms with Gasteiger partial charge in [-0.1, -0.05) is 44.2 Å². The summed E-state index contributed by atoms with van der Waals surface area (Å²) >= 11 is 1.33. The molecule has 2 aromatic heterocycles. The van der Waals surface area contributed by atoms with E-state index in [1.165, 1.54) is 11.8 Å². The Hall–Kier alpha value is -2.35. The molecule has 0 aliphatic heterocycles. The number of thioether (sulfide) groups is 1. The average Bonchev–Trinajstić information content (AvgIpc) is 3.08. The molecule has 3 aromatic rings. The molecule has 0 saturated carbocycles. The Morgan fingerprint density at radius 2 is 2.00 bits per heavy atom. The fourth-order valence-corrected chi connectivity index (χ4v) is 3.56. The second-order valence-electron chi connectivity index (χ2n) is 6.08. The highest BCUT2D eigenvalue weighted by molar-refractivity contribution is 7.99. The van der Waals surface area contributed by atoms with Crippen molar-refractivity contribution in [1.82, 2.24) is 24.5 Å². The lowest BCUT2D eigenvalue weighted by atomic mass is 10.2. The fraction of sp³-hybridized carbons (Fsp3) is 0.444. The van der Waals surface area contributed by atoms with Crippen LogP contribution in [0.5, 0.6) is 0 Å². The maximum Gasteiger partial charge on any atom is 0.262 e. The summed E-state index contributed by atoms with van der Waals surface area (Å²) in [6, 6.07) is 7.45. The second-order valence-corrected chi connectivity index (χ2v) is 7.03. The van der Waals surface area contributed by atoms with Crippen molar-refractivity contribution in [2.24, 2.45) is 0 Å². The zero-order valence-electron chi connectivity index (χ0n) is 15.1. The number of benzene rings is 1. The summed E-state index contributed by atoms with van der Waals surface area (Å²) in [6.45, 7) is 5.37. The maximum absolute atomic E-state index is 12.9. The Labute approximate surface area is 155 Å². The maximum atomic E-state index is 12.9. The van der Waals surface area contributed by atoms with Gasteiger partial charge in [-0.3, -0.25) is 18.6 Å². The van der Waals surface area contributed by atoms with E-state index >= 15 is 0 Å².